The summed E-state index contributed by atoms with van der Waals surface area (Å²) in [4.78, 5) is 18.7. The van der Waals surface area contributed by atoms with Crippen LogP contribution < -0.4 is 0 Å². The third-order valence-electron chi connectivity index (χ3n) is 4.40. The standard InChI is InChI=1S/C21H15ClN2O2/c22-16-7-8-19-17(11-16)18(20(24-19)15-2-1-9-23-12-15)10-13-3-5-14(6-4-13)21(25)26/h1-9,11-12,24H,10H2,(H,25,26). The molecule has 128 valence electrons. The van der Waals surface area contributed by atoms with Crippen LogP contribution in [-0.4, -0.2) is 21.0 Å². The largest absolute Gasteiger partial charge is 0.478 e. The summed E-state index contributed by atoms with van der Waals surface area (Å²) < 4.78 is 0. The van der Waals surface area contributed by atoms with Gasteiger partial charge < -0.3 is 10.1 Å². The summed E-state index contributed by atoms with van der Waals surface area (Å²) in [5.41, 5.74) is 5.42. The molecule has 0 aliphatic rings. The van der Waals surface area contributed by atoms with Gasteiger partial charge in [-0.05, 0) is 53.6 Å². The van der Waals surface area contributed by atoms with Crippen LogP contribution in [0.3, 0.4) is 0 Å². The molecule has 4 rings (SSSR count). The molecule has 0 amide bonds. The van der Waals surface area contributed by atoms with Gasteiger partial charge in [-0.2, -0.15) is 0 Å². The fraction of sp³-hybridized carbons (Fsp3) is 0.0476. The zero-order valence-corrected chi connectivity index (χ0v) is 14.5. The highest BCUT2D eigenvalue weighted by molar-refractivity contribution is 6.31. The Kier molecular flexibility index (Phi) is 4.19. The zero-order chi connectivity index (χ0) is 18.1. The number of rotatable bonds is 4. The van der Waals surface area contributed by atoms with Gasteiger partial charge in [-0.1, -0.05) is 23.7 Å². The van der Waals surface area contributed by atoms with Crippen LogP contribution in [0, 0.1) is 0 Å². The third kappa shape index (κ3) is 3.07. The number of aromatic carboxylic acids is 1. The molecule has 0 radical (unpaired) electrons. The van der Waals surface area contributed by atoms with Crippen molar-refractivity contribution < 1.29 is 9.90 Å². The average Bonchev–Trinajstić information content (AvgIpc) is 3.01. The number of benzene rings is 2. The second-order valence-corrected chi connectivity index (χ2v) is 6.53. The van der Waals surface area contributed by atoms with E-state index in [4.69, 9.17) is 16.7 Å². The van der Waals surface area contributed by atoms with E-state index in [1.807, 2.05) is 48.7 Å². The van der Waals surface area contributed by atoms with Gasteiger partial charge in [0.05, 0.1) is 11.3 Å². The number of carboxylic acids is 1. The van der Waals surface area contributed by atoms with E-state index in [-0.39, 0.29) is 5.56 Å². The maximum atomic E-state index is 11.1. The van der Waals surface area contributed by atoms with E-state index in [0.29, 0.717) is 11.4 Å². The summed E-state index contributed by atoms with van der Waals surface area (Å²) in [6, 6.07) is 16.6. The van der Waals surface area contributed by atoms with Crippen LogP contribution in [0.25, 0.3) is 22.2 Å². The van der Waals surface area contributed by atoms with Gasteiger partial charge in [-0.25, -0.2) is 4.79 Å². The lowest BCUT2D eigenvalue weighted by Crippen LogP contribution is -1.97. The monoisotopic (exact) mass is 362 g/mol. The van der Waals surface area contributed by atoms with Gasteiger partial charge in [-0.15, -0.1) is 0 Å². The van der Waals surface area contributed by atoms with Crippen molar-refractivity contribution in [1.29, 1.82) is 0 Å². The van der Waals surface area contributed by atoms with Crippen LogP contribution in [0.1, 0.15) is 21.5 Å². The first-order chi connectivity index (χ1) is 12.6. The Morgan fingerprint density at radius 1 is 1.12 bits per heavy atom. The van der Waals surface area contributed by atoms with E-state index in [0.717, 1.165) is 33.3 Å². The molecule has 26 heavy (non-hydrogen) atoms. The fourth-order valence-electron chi connectivity index (χ4n) is 3.13. The molecule has 2 aromatic heterocycles. The molecule has 2 N–H and O–H groups in total. The Hall–Kier alpha value is -3.11. The molecule has 0 unspecified atom stereocenters. The number of halogens is 1. The van der Waals surface area contributed by atoms with Crippen molar-refractivity contribution in [3.05, 3.63) is 88.7 Å². The molecule has 4 aromatic rings. The maximum absolute atomic E-state index is 11.1. The smallest absolute Gasteiger partial charge is 0.335 e. The molecule has 0 saturated heterocycles. The summed E-state index contributed by atoms with van der Waals surface area (Å²) in [7, 11) is 0. The molecule has 0 fully saturated rings. The van der Waals surface area contributed by atoms with Gasteiger partial charge in [0, 0.05) is 40.3 Å². The minimum atomic E-state index is -0.925. The Bertz CT molecular complexity index is 1090. The van der Waals surface area contributed by atoms with Crippen LogP contribution in [-0.2, 0) is 6.42 Å². The second-order valence-electron chi connectivity index (χ2n) is 6.09. The SMILES string of the molecule is O=C(O)c1ccc(Cc2c(-c3cccnc3)[nH]c3ccc(Cl)cc23)cc1. The Balaban J connectivity index is 1.84. The van der Waals surface area contributed by atoms with Crippen LogP contribution in [0.5, 0.6) is 0 Å². The van der Waals surface area contributed by atoms with Crippen LogP contribution in [0.2, 0.25) is 5.02 Å². The first kappa shape index (κ1) is 16.4. The number of nitrogens with zero attached hydrogens (tertiary/aromatic N) is 1. The van der Waals surface area contributed by atoms with Crippen LogP contribution >= 0.6 is 11.6 Å². The summed E-state index contributed by atoms with van der Waals surface area (Å²) in [5, 5.41) is 10.8. The number of fused-ring (bicyclic) bond motifs is 1. The van der Waals surface area contributed by atoms with Gasteiger partial charge in [0.1, 0.15) is 0 Å². The van der Waals surface area contributed by atoms with Crippen LogP contribution in [0.4, 0.5) is 0 Å². The molecule has 0 aliphatic carbocycles. The van der Waals surface area contributed by atoms with Crippen molar-refractivity contribution in [2.75, 3.05) is 0 Å². The van der Waals surface area contributed by atoms with Crippen molar-refractivity contribution in [2.24, 2.45) is 0 Å². The summed E-state index contributed by atoms with van der Waals surface area (Å²) in [5.74, 6) is -0.925. The molecule has 0 saturated carbocycles. The van der Waals surface area contributed by atoms with Gasteiger partial charge in [0.15, 0.2) is 0 Å². The predicted molar refractivity (Wildman–Crippen MR) is 103 cm³/mol. The minimum absolute atomic E-state index is 0.281. The molecule has 0 atom stereocenters. The zero-order valence-electron chi connectivity index (χ0n) is 13.7. The molecule has 2 aromatic carbocycles. The summed E-state index contributed by atoms with van der Waals surface area (Å²) in [6.45, 7) is 0. The number of H-pyrrole nitrogens is 1. The predicted octanol–water partition coefficient (Wildman–Crippen LogP) is 5.17. The minimum Gasteiger partial charge on any atom is -0.478 e. The molecule has 5 heteroatoms. The number of pyridine rings is 1. The molecule has 0 aliphatic heterocycles. The highest BCUT2D eigenvalue weighted by atomic mass is 35.5. The average molecular weight is 363 g/mol. The number of aromatic amines is 1. The highest BCUT2D eigenvalue weighted by Crippen LogP contribution is 2.33. The fourth-order valence-corrected chi connectivity index (χ4v) is 3.30. The van der Waals surface area contributed by atoms with E-state index in [9.17, 15) is 4.79 Å². The van der Waals surface area contributed by atoms with Gasteiger partial charge in [0.2, 0.25) is 0 Å². The van der Waals surface area contributed by atoms with Crippen molar-refractivity contribution in [1.82, 2.24) is 9.97 Å². The van der Waals surface area contributed by atoms with Gasteiger partial charge in [0.25, 0.3) is 0 Å². The lowest BCUT2D eigenvalue weighted by molar-refractivity contribution is 0.0697. The molecular formula is C21H15ClN2O2. The van der Waals surface area contributed by atoms with E-state index in [1.54, 1.807) is 18.3 Å². The lowest BCUT2D eigenvalue weighted by atomic mass is 9.98. The number of hydrogen-bond donors (Lipinski definition) is 2. The van der Waals surface area contributed by atoms with Crippen molar-refractivity contribution >= 4 is 28.5 Å². The van der Waals surface area contributed by atoms with Crippen molar-refractivity contribution in [3.8, 4) is 11.3 Å². The Morgan fingerprint density at radius 2 is 1.92 bits per heavy atom. The molecule has 0 spiro atoms. The van der Waals surface area contributed by atoms with E-state index in [1.165, 1.54) is 0 Å². The number of hydrogen-bond acceptors (Lipinski definition) is 2. The quantitative estimate of drug-likeness (QED) is 0.526. The molecule has 0 bridgehead atoms. The van der Waals surface area contributed by atoms with Gasteiger partial charge in [-0.3, -0.25) is 4.98 Å². The van der Waals surface area contributed by atoms with Crippen LogP contribution in [0.15, 0.2) is 67.0 Å². The van der Waals surface area contributed by atoms with Crippen molar-refractivity contribution in [3.63, 3.8) is 0 Å². The third-order valence-corrected chi connectivity index (χ3v) is 4.64. The summed E-state index contributed by atoms with van der Waals surface area (Å²) >= 11 is 6.21. The number of nitrogens with one attached hydrogen (secondary N) is 1. The number of aromatic nitrogens is 2. The second kappa shape index (κ2) is 6.65. The van der Waals surface area contributed by atoms with Crippen molar-refractivity contribution in [2.45, 2.75) is 6.42 Å². The topological polar surface area (TPSA) is 66.0 Å². The van der Waals surface area contributed by atoms with E-state index >= 15 is 0 Å². The van der Waals surface area contributed by atoms with E-state index < -0.39 is 5.97 Å². The molecule has 2 heterocycles. The highest BCUT2D eigenvalue weighted by Gasteiger charge is 2.14. The number of carboxylic acid groups (broad SMARTS) is 1. The lowest BCUT2D eigenvalue weighted by Gasteiger charge is -2.06. The summed E-state index contributed by atoms with van der Waals surface area (Å²) in [6.07, 6.45) is 4.22. The molecule has 4 nitrogen and oxygen atoms in total. The maximum Gasteiger partial charge on any atom is 0.335 e. The van der Waals surface area contributed by atoms with Gasteiger partial charge >= 0.3 is 5.97 Å². The Morgan fingerprint density at radius 3 is 2.62 bits per heavy atom. The first-order valence-electron chi connectivity index (χ1n) is 8.14. The number of carbonyl (C=O) groups is 1. The molecular weight excluding hydrogens is 348 g/mol. The normalized spacial score (nSPS) is 11.0. The first-order valence-corrected chi connectivity index (χ1v) is 8.52. The Labute approximate surface area is 155 Å². The van der Waals surface area contributed by atoms with E-state index in [2.05, 4.69) is 9.97 Å².